The summed E-state index contributed by atoms with van der Waals surface area (Å²) < 4.78 is 0. The van der Waals surface area contributed by atoms with Crippen molar-refractivity contribution >= 4 is 46.3 Å². The summed E-state index contributed by atoms with van der Waals surface area (Å²) in [5.74, 6) is 0.829. The van der Waals surface area contributed by atoms with Gasteiger partial charge >= 0.3 is 0 Å². The van der Waals surface area contributed by atoms with Gasteiger partial charge in [0.15, 0.2) is 0 Å². The van der Waals surface area contributed by atoms with E-state index < -0.39 is 0 Å². The summed E-state index contributed by atoms with van der Waals surface area (Å²) in [6.45, 7) is 8.74. The molecule has 21 heavy (non-hydrogen) atoms. The number of rotatable bonds is 4. The van der Waals surface area contributed by atoms with E-state index in [1.807, 2.05) is 32.9 Å². The van der Waals surface area contributed by atoms with Crippen molar-refractivity contribution in [1.29, 1.82) is 0 Å². The van der Waals surface area contributed by atoms with Gasteiger partial charge in [-0.1, -0.05) is 30.1 Å². The fourth-order valence-electron chi connectivity index (χ4n) is 2.40. The van der Waals surface area contributed by atoms with Gasteiger partial charge in [-0.05, 0) is 44.9 Å². The van der Waals surface area contributed by atoms with Gasteiger partial charge in [0.1, 0.15) is 5.84 Å². The SMILES string of the molecule is CCN=C(NNc1c(Cl)cc(C)cc1Cl)C1(C)CC1(C)Cl. The predicted molar refractivity (Wildman–Crippen MR) is 92.9 cm³/mol. The Hall–Kier alpha value is -0.640. The number of aliphatic imine (C=N–C) groups is 1. The standard InChI is InChI=1S/C15H20Cl3N3/c1-5-19-13(14(3)8-15(14,4)18)21-20-12-10(16)6-9(2)7-11(12)17/h6-7,20H,5,8H2,1-4H3,(H,19,21). The van der Waals surface area contributed by atoms with Crippen LogP contribution >= 0.6 is 34.8 Å². The second kappa shape index (κ2) is 5.86. The fourth-order valence-corrected chi connectivity index (χ4v) is 3.45. The van der Waals surface area contributed by atoms with Gasteiger partial charge in [0.25, 0.3) is 0 Å². The number of hydrogen-bond donors (Lipinski definition) is 2. The minimum Gasteiger partial charge on any atom is -0.297 e. The Balaban J connectivity index is 2.17. The minimum absolute atomic E-state index is 0.165. The number of aryl methyl sites for hydroxylation is 1. The number of amidine groups is 1. The normalized spacial score (nSPS) is 28.4. The highest BCUT2D eigenvalue weighted by atomic mass is 35.5. The van der Waals surface area contributed by atoms with Crippen molar-refractivity contribution in [1.82, 2.24) is 5.43 Å². The van der Waals surface area contributed by atoms with E-state index in [2.05, 4.69) is 22.8 Å². The predicted octanol–water partition coefficient (Wildman–Crippen LogP) is 5.04. The van der Waals surface area contributed by atoms with Gasteiger partial charge < -0.3 is 0 Å². The van der Waals surface area contributed by atoms with E-state index in [4.69, 9.17) is 34.8 Å². The first-order valence-corrected chi connectivity index (χ1v) is 8.06. The van der Waals surface area contributed by atoms with Crippen LogP contribution in [-0.4, -0.2) is 17.3 Å². The van der Waals surface area contributed by atoms with Gasteiger partial charge in [0.2, 0.25) is 0 Å². The number of nitrogens with zero attached hydrogens (tertiary/aromatic N) is 1. The molecule has 0 radical (unpaired) electrons. The van der Waals surface area contributed by atoms with E-state index in [1.165, 1.54) is 0 Å². The van der Waals surface area contributed by atoms with Crippen molar-refractivity contribution in [3.05, 3.63) is 27.7 Å². The Morgan fingerprint density at radius 2 is 1.81 bits per heavy atom. The third kappa shape index (κ3) is 3.25. The topological polar surface area (TPSA) is 36.4 Å². The first-order valence-electron chi connectivity index (χ1n) is 6.93. The quantitative estimate of drug-likeness (QED) is 0.346. The van der Waals surface area contributed by atoms with Crippen molar-refractivity contribution in [2.45, 2.75) is 39.0 Å². The van der Waals surface area contributed by atoms with Gasteiger partial charge in [-0.3, -0.25) is 15.8 Å². The summed E-state index contributed by atoms with van der Waals surface area (Å²) in [5.41, 5.74) is 7.71. The van der Waals surface area contributed by atoms with Crippen molar-refractivity contribution < 1.29 is 0 Å². The third-order valence-electron chi connectivity index (χ3n) is 4.04. The van der Waals surface area contributed by atoms with Gasteiger partial charge in [-0.25, -0.2) is 0 Å². The maximum atomic E-state index is 6.44. The number of alkyl halides is 1. The van der Waals surface area contributed by atoms with Crippen LogP contribution in [0, 0.1) is 12.3 Å². The van der Waals surface area contributed by atoms with Crippen LogP contribution in [0.1, 0.15) is 32.8 Å². The average molecular weight is 349 g/mol. The molecule has 0 saturated heterocycles. The second-order valence-corrected chi connectivity index (χ2v) is 7.53. The summed E-state index contributed by atoms with van der Waals surface area (Å²) in [5, 5.41) is 1.14. The van der Waals surface area contributed by atoms with Gasteiger partial charge in [0, 0.05) is 12.0 Å². The van der Waals surface area contributed by atoms with Crippen molar-refractivity contribution in [3.63, 3.8) is 0 Å². The van der Waals surface area contributed by atoms with Gasteiger partial charge in [-0.2, -0.15) is 0 Å². The lowest BCUT2D eigenvalue weighted by Crippen LogP contribution is -2.38. The molecule has 1 aliphatic carbocycles. The first kappa shape index (κ1) is 16.7. The molecule has 0 spiro atoms. The highest BCUT2D eigenvalue weighted by Crippen LogP contribution is 2.61. The van der Waals surface area contributed by atoms with Crippen LogP contribution in [0.15, 0.2) is 17.1 Å². The molecule has 1 aromatic rings. The summed E-state index contributed by atoms with van der Waals surface area (Å²) in [6.07, 6.45) is 0.879. The minimum atomic E-state index is -0.267. The zero-order valence-electron chi connectivity index (χ0n) is 12.7. The number of halogens is 3. The third-order valence-corrected chi connectivity index (χ3v) is 5.19. The molecule has 1 saturated carbocycles. The highest BCUT2D eigenvalue weighted by molar-refractivity contribution is 6.39. The molecule has 1 fully saturated rings. The molecule has 6 heteroatoms. The van der Waals surface area contributed by atoms with Gasteiger partial charge in [0.05, 0.1) is 20.6 Å². The summed E-state index contributed by atoms with van der Waals surface area (Å²) >= 11 is 18.9. The molecule has 0 heterocycles. The van der Waals surface area contributed by atoms with Crippen molar-refractivity contribution in [2.75, 3.05) is 12.0 Å². The molecule has 0 aliphatic heterocycles. The van der Waals surface area contributed by atoms with Crippen LogP contribution in [0.5, 0.6) is 0 Å². The fraction of sp³-hybridized carbons (Fsp3) is 0.533. The first-order chi connectivity index (χ1) is 9.71. The number of nitrogens with one attached hydrogen (secondary N) is 2. The summed E-state index contributed by atoms with van der Waals surface area (Å²) in [4.78, 5) is 4.25. The van der Waals surface area contributed by atoms with E-state index in [1.54, 1.807) is 0 Å². The zero-order chi connectivity index (χ0) is 15.8. The lowest BCUT2D eigenvalue weighted by Gasteiger charge is -2.21. The van der Waals surface area contributed by atoms with Crippen LogP contribution < -0.4 is 10.9 Å². The number of anilines is 1. The largest absolute Gasteiger partial charge is 0.297 e. The lowest BCUT2D eigenvalue weighted by atomic mass is 10.1. The van der Waals surface area contributed by atoms with Crippen LogP contribution in [0.25, 0.3) is 0 Å². The zero-order valence-corrected chi connectivity index (χ0v) is 14.9. The van der Waals surface area contributed by atoms with Crippen molar-refractivity contribution in [3.8, 4) is 0 Å². The molecule has 2 rings (SSSR count). The second-order valence-electron chi connectivity index (χ2n) is 5.88. The molecule has 2 unspecified atom stereocenters. The molecule has 0 aromatic heterocycles. The van der Waals surface area contributed by atoms with E-state index in [0.29, 0.717) is 22.3 Å². The maximum absolute atomic E-state index is 6.44. The molecule has 0 amide bonds. The van der Waals surface area contributed by atoms with Crippen LogP contribution in [0.2, 0.25) is 10.0 Å². The van der Waals surface area contributed by atoms with E-state index in [-0.39, 0.29) is 10.3 Å². The maximum Gasteiger partial charge on any atom is 0.123 e. The Morgan fingerprint density at radius 1 is 1.29 bits per heavy atom. The number of hydrogen-bond acceptors (Lipinski definition) is 2. The Kier molecular flexibility index (Phi) is 4.67. The molecule has 3 nitrogen and oxygen atoms in total. The van der Waals surface area contributed by atoms with Crippen LogP contribution in [-0.2, 0) is 0 Å². The Morgan fingerprint density at radius 3 is 2.24 bits per heavy atom. The molecule has 2 atom stereocenters. The molecule has 1 aromatic carbocycles. The lowest BCUT2D eigenvalue weighted by molar-refractivity contribution is 0.698. The molecular weight excluding hydrogens is 329 g/mol. The highest BCUT2D eigenvalue weighted by Gasteiger charge is 2.63. The van der Waals surface area contributed by atoms with E-state index in [9.17, 15) is 0 Å². The van der Waals surface area contributed by atoms with Crippen molar-refractivity contribution in [2.24, 2.45) is 10.4 Å². The number of benzene rings is 1. The van der Waals surface area contributed by atoms with Crippen LogP contribution in [0.4, 0.5) is 5.69 Å². The monoisotopic (exact) mass is 347 g/mol. The summed E-state index contributed by atoms with van der Waals surface area (Å²) in [6, 6.07) is 3.72. The van der Waals surface area contributed by atoms with E-state index in [0.717, 1.165) is 17.8 Å². The van der Waals surface area contributed by atoms with Gasteiger partial charge in [-0.15, -0.1) is 11.6 Å². The number of hydrazine groups is 1. The molecular formula is C15H20Cl3N3. The molecule has 116 valence electrons. The smallest absolute Gasteiger partial charge is 0.123 e. The molecule has 1 aliphatic rings. The summed E-state index contributed by atoms with van der Waals surface area (Å²) in [7, 11) is 0. The van der Waals surface area contributed by atoms with E-state index >= 15 is 0 Å². The Labute approximate surface area is 141 Å². The average Bonchev–Trinajstić information content (AvgIpc) is 2.86. The Bertz CT molecular complexity index is 561. The van der Waals surface area contributed by atoms with Crippen LogP contribution in [0.3, 0.4) is 0 Å². The molecule has 2 N–H and O–H groups in total. The molecule has 0 bridgehead atoms.